The van der Waals surface area contributed by atoms with Gasteiger partial charge < -0.3 is 10.5 Å². The van der Waals surface area contributed by atoms with Crippen LogP contribution >= 0.6 is 22.9 Å². The summed E-state index contributed by atoms with van der Waals surface area (Å²) < 4.78 is 33.1. The number of sulfonamides is 1. The van der Waals surface area contributed by atoms with E-state index in [2.05, 4.69) is 4.72 Å². The number of halogens is 1. The Morgan fingerprint density at radius 2 is 2.10 bits per heavy atom. The average molecular weight is 353 g/mol. The van der Waals surface area contributed by atoms with Gasteiger partial charge in [0.05, 0.1) is 17.0 Å². The Bertz CT molecular complexity index is 546. The Balaban J connectivity index is 1.75. The fourth-order valence-electron chi connectivity index (χ4n) is 2.29. The third kappa shape index (κ3) is 4.91. The van der Waals surface area contributed by atoms with E-state index in [0.717, 1.165) is 42.6 Å². The van der Waals surface area contributed by atoms with E-state index in [0.29, 0.717) is 10.9 Å². The molecule has 1 aliphatic rings. The van der Waals surface area contributed by atoms with Gasteiger partial charge in [-0.2, -0.15) is 0 Å². The third-order valence-electron chi connectivity index (χ3n) is 3.57. The van der Waals surface area contributed by atoms with Crippen LogP contribution in [0.5, 0.6) is 0 Å². The summed E-state index contributed by atoms with van der Waals surface area (Å²) in [7, 11) is -3.49. The largest absolute Gasteiger partial charge is 0.377 e. The molecule has 5 nitrogen and oxygen atoms in total. The van der Waals surface area contributed by atoms with Gasteiger partial charge in [0, 0.05) is 12.6 Å². The summed E-state index contributed by atoms with van der Waals surface area (Å²) in [5.74, 6) is 0. The second-order valence-electron chi connectivity index (χ2n) is 5.33. The summed E-state index contributed by atoms with van der Waals surface area (Å²) in [5.41, 5.74) is 6.61. The van der Waals surface area contributed by atoms with Crippen LogP contribution in [0.25, 0.3) is 0 Å². The van der Waals surface area contributed by atoms with E-state index in [-0.39, 0.29) is 22.9 Å². The van der Waals surface area contributed by atoms with E-state index in [4.69, 9.17) is 22.1 Å². The lowest BCUT2D eigenvalue weighted by atomic mass is 9.94. The second-order valence-corrected chi connectivity index (χ2v) is 8.98. The number of hydrogen-bond donors (Lipinski definition) is 2. The van der Waals surface area contributed by atoms with Crippen molar-refractivity contribution >= 4 is 33.0 Å². The van der Waals surface area contributed by atoms with Crippen molar-refractivity contribution in [2.45, 2.75) is 49.0 Å². The van der Waals surface area contributed by atoms with Crippen molar-refractivity contribution in [3.8, 4) is 0 Å². The van der Waals surface area contributed by atoms with Crippen molar-refractivity contribution in [3.63, 3.8) is 0 Å². The Morgan fingerprint density at radius 3 is 2.67 bits per heavy atom. The van der Waals surface area contributed by atoms with E-state index in [1.807, 2.05) is 0 Å². The highest BCUT2D eigenvalue weighted by atomic mass is 35.5. The maximum Gasteiger partial charge on any atom is 0.250 e. The van der Waals surface area contributed by atoms with Crippen LogP contribution < -0.4 is 10.5 Å². The van der Waals surface area contributed by atoms with Gasteiger partial charge in [-0.15, -0.1) is 11.3 Å². The first-order valence-electron chi connectivity index (χ1n) is 7.01. The number of nitrogens with two attached hydrogens (primary N) is 1. The number of hydrogen-bond acceptors (Lipinski definition) is 5. The molecule has 0 bridgehead atoms. The molecule has 0 aliphatic heterocycles. The molecule has 1 fully saturated rings. The van der Waals surface area contributed by atoms with Gasteiger partial charge in [0.1, 0.15) is 4.21 Å². The quantitative estimate of drug-likeness (QED) is 0.769. The molecule has 120 valence electrons. The predicted molar refractivity (Wildman–Crippen MR) is 85.4 cm³/mol. The first-order chi connectivity index (χ1) is 9.88. The molecule has 1 aliphatic carbocycles. The Labute approximate surface area is 134 Å². The van der Waals surface area contributed by atoms with Gasteiger partial charge in [0.15, 0.2) is 0 Å². The SMILES string of the molecule is Cc1cc(S(=O)(=O)NCCOC2CCC(N)CC2)sc1Cl. The molecule has 0 unspecified atom stereocenters. The average Bonchev–Trinajstić information content (AvgIpc) is 2.78. The molecule has 0 spiro atoms. The highest BCUT2D eigenvalue weighted by molar-refractivity contribution is 7.91. The lowest BCUT2D eigenvalue weighted by Gasteiger charge is -2.26. The van der Waals surface area contributed by atoms with Crippen molar-refractivity contribution in [2.24, 2.45) is 5.73 Å². The van der Waals surface area contributed by atoms with Crippen LogP contribution in [0.4, 0.5) is 0 Å². The molecule has 0 radical (unpaired) electrons. The molecule has 8 heteroatoms. The molecule has 1 saturated carbocycles. The van der Waals surface area contributed by atoms with Crippen molar-refractivity contribution in [2.75, 3.05) is 13.2 Å². The standard InChI is InChI=1S/C13H21ClN2O3S2/c1-9-8-12(20-13(9)14)21(17,18)16-6-7-19-11-4-2-10(15)3-5-11/h8,10-11,16H,2-7,15H2,1H3. The van der Waals surface area contributed by atoms with E-state index in [1.54, 1.807) is 13.0 Å². The smallest absolute Gasteiger partial charge is 0.250 e. The number of aryl methyl sites for hydroxylation is 1. The number of nitrogens with one attached hydrogen (secondary N) is 1. The zero-order chi connectivity index (χ0) is 15.5. The maximum absolute atomic E-state index is 12.1. The molecule has 1 heterocycles. The van der Waals surface area contributed by atoms with Gasteiger partial charge in [-0.3, -0.25) is 0 Å². The maximum atomic E-state index is 12.1. The molecule has 0 aromatic carbocycles. The molecule has 1 aromatic heterocycles. The number of thiophene rings is 1. The zero-order valence-corrected chi connectivity index (χ0v) is 14.4. The molecular formula is C13H21ClN2O3S2. The van der Waals surface area contributed by atoms with Gasteiger partial charge in [-0.25, -0.2) is 13.1 Å². The van der Waals surface area contributed by atoms with Crippen LogP contribution in [0.1, 0.15) is 31.2 Å². The van der Waals surface area contributed by atoms with Crippen molar-refractivity contribution in [3.05, 3.63) is 16.0 Å². The van der Waals surface area contributed by atoms with Gasteiger partial charge in [0.25, 0.3) is 0 Å². The fraction of sp³-hybridized carbons (Fsp3) is 0.692. The molecule has 3 N–H and O–H groups in total. The zero-order valence-electron chi connectivity index (χ0n) is 12.0. The van der Waals surface area contributed by atoms with E-state index in [9.17, 15) is 8.42 Å². The first kappa shape index (κ1) is 17.2. The molecule has 0 saturated heterocycles. The molecule has 0 atom stereocenters. The van der Waals surface area contributed by atoms with Gasteiger partial charge >= 0.3 is 0 Å². The summed E-state index contributed by atoms with van der Waals surface area (Å²) in [6, 6.07) is 1.87. The number of ether oxygens (including phenoxy) is 1. The lowest BCUT2D eigenvalue weighted by molar-refractivity contribution is 0.0287. The van der Waals surface area contributed by atoms with Gasteiger partial charge in [-0.1, -0.05) is 11.6 Å². The summed E-state index contributed by atoms with van der Waals surface area (Å²) in [4.78, 5) is 0. The summed E-state index contributed by atoms with van der Waals surface area (Å²) in [6.45, 7) is 2.42. The minimum absolute atomic E-state index is 0.202. The normalized spacial score (nSPS) is 23.4. The molecule has 2 rings (SSSR count). The lowest BCUT2D eigenvalue weighted by Crippen LogP contribution is -2.32. The summed E-state index contributed by atoms with van der Waals surface area (Å²) >= 11 is 6.97. The molecule has 1 aromatic rings. The minimum Gasteiger partial charge on any atom is -0.377 e. The molecule has 21 heavy (non-hydrogen) atoms. The van der Waals surface area contributed by atoms with Gasteiger partial charge in [0.2, 0.25) is 10.0 Å². The van der Waals surface area contributed by atoms with Crippen LogP contribution in [0.15, 0.2) is 10.3 Å². The third-order valence-corrected chi connectivity index (χ3v) is 7.06. The fourth-order valence-corrected chi connectivity index (χ4v) is 5.06. The van der Waals surface area contributed by atoms with E-state index < -0.39 is 10.0 Å². The topological polar surface area (TPSA) is 81.4 Å². The van der Waals surface area contributed by atoms with Gasteiger partial charge in [-0.05, 0) is 44.2 Å². The number of rotatable bonds is 6. The Hall–Kier alpha value is -0.180. The highest BCUT2D eigenvalue weighted by Crippen LogP contribution is 2.29. The van der Waals surface area contributed by atoms with Crippen LogP contribution in [0.2, 0.25) is 4.34 Å². The Kier molecular flexibility index (Phi) is 6.05. The van der Waals surface area contributed by atoms with Crippen LogP contribution in [-0.4, -0.2) is 33.7 Å². The van der Waals surface area contributed by atoms with Crippen molar-refractivity contribution in [1.82, 2.24) is 4.72 Å². The minimum atomic E-state index is -3.49. The molecule has 0 amide bonds. The monoisotopic (exact) mass is 352 g/mol. The van der Waals surface area contributed by atoms with Crippen LogP contribution in [-0.2, 0) is 14.8 Å². The van der Waals surface area contributed by atoms with Crippen LogP contribution in [0.3, 0.4) is 0 Å². The summed E-state index contributed by atoms with van der Waals surface area (Å²) in [6.07, 6.45) is 4.06. The van der Waals surface area contributed by atoms with Crippen LogP contribution in [0, 0.1) is 6.92 Å². The predicted octanol–water partition coefficient (Wildman–Crippen LogP) is 2.27. The Morgan fingerprint density at radius 1 is 1.43 bits per heavy atom. The highest BCUT2D eigenvalue weighted by Gasteiger charge is 2.20. The summed E-state index contributed by atoms with van der Waals surface area (Å²) in [5, 5.41) is 0. The first-order valence-corrected chi connectivity index (χ1v) is 9.69. The van der Waals surface area contributed by atoms with E-state index >= 15 is 0 Å². The second kappa shape index (κ2) is 7.39. The van der Waals surface area contributed by atoms with Crippen molar-refractivity contribution in [1.29, 1.82) is 0 Å². The van der Waals surface area contributed by atoms with Crippen molar-refractivity contribution < 1.29 is 13.2 Å². The molecular weight excluding hydrogens is 332 g/mol. The van der Waals surface area contributed by atoms with E-state index in [1.165, 1.54) is 0 Å².